The molecule has 1 aromatic carbocycles. The smallest absolute Gasteiger partial charge is 0.264 e. The SMILES string of the molecule is Cc1nc(N2CCCCC2)c2c(C)c(C(=O)N3CC[NH+](Cc4ccc5c(c4)OCO5)CC3)sc2n1. The lowest BCUT2D eigenvalue weighted by molar-refractivity contribution is -0.917. The Balaban J connectivity index is 1.17. The number of fused-ring (bicyclic) bond motifs is 2. The molecule has 3 aliphatic heterocycles. The standard InChI is InChI=1S/C26H31N5O3S/c1-17-22-24(30-8-4-3-5-9-30)27-18(2)28-25(22)35-23(17)26(32)31-12-10-29(11-13-31)15-19-6-7-20-21(14-19)34-16-33-20/h6-7,14H,3-5,8-13,15-16H2,1-2H3/p+1. The van der Waals surface area contributed by atoms with Crippen molar-refractivity contribution in [2.24, 2.45) is 0 Å². The number of hydrogen-bond acceptors (Lipinski definition) is 7. The molecule has 8 nitrogen and oxygen atoms in total. The van der Waals surface area contributed by atoms with Gasteiger partial charge in [-0.15, -0.1) is 11.3 Å². The highest BCUT2D eigenvalue weighted by molar-refractivity contribution is 7.20. The van der Waals surface area contributed by atoms with E-state index < -0.39 is 0 Å². The number of rotatable bonds is 4. The number of aromatic nitrogens is 2. The third-order valence-electron chi connectivity index (χ3n) is 7.38. The molecule has 2 fully saturated rings. The van der Waals surface area contributed by atoms with Crippen molar-refractivity contribution in [1.82, 2.24) is 14.9 Å². The van der Waals surface area contributed by atoms with Crippen LogP contribution in [0.15, 0.2) is 18.2 Å². The zero-order chi connectivity index (χ0) is 23.9. The van der Waals surface area contributed by atoms with E-state index in [1.54, 1.807) is 0 Å². The molecule has 0 radical (unpaired) electrons. The van der Waals surface area contributed by atoms with E-state index in [1.165, 1.54) is 41.1 Å². The molecule has 6 rings (SSSR count). The van der Waals surface area contributed by atoms with Crippen LogP contribution in [0, 0.1) is 13.8 Å². The minimum absolute atomic E-state index is 0.134. The molecule has 9 heteroatoms. The topological polar surface area (TPSA) is 72.2 Å². The number of carbonyl (C=O) groups excluding carboxylic acids is 1. The van der Waals surface area contributed by atoms with Crippen LogP contribution in [0.2, 0.25) is 0 Å². The van der Waals surface area contributed by atoms with Crippen molar-refractivity contribution in [2.75, 3.05) is 51.0 Å². The van der Waals surface area contributed by atoms with E-state index in [9.17, 15) is 4.79 Å². The number of piperidine rings is 1. The molecule has 0 unspecified atom stereocenters. The van der Waals surface area contributed by atoms with Crippen LogP contribution in [-0.4, -0.2) is 66.8 Å². The lowest BCUT2D eigenvalue weighted by Gasteiger charge is -2.32. The number of nitrogens with one attached hydrogen (secondary N) is 1. The summed E-state index contributed by atoms with van der Waals surface area (Å²) in [5.74, 6) is 3.58. The first kappa shape index (κ1) is 22.5. The van der Waals surface area contributed by atoms with Crippen LogP contribution < -0.4 is 19.3 Å². The van der Waals surface area contributed by atoms with Gasteiger partial charge in [0.2, 0.25) is 6.79 Å². The van der Waals surface area contributed by atoms with Crippen molar-refractivity contribution in [3.8, 4) is 11.5 Å². The second kappa shape index (κ2) is 9.28. The molecule has 3 aliphatic rings. The van der Waals surface area contributed by atoms with Gasteiger partial charge in [0.15, 0.2) is 11.5 Å². The first-order valence-corrected chi connectivity index (χ1v) is 13.4. The second-order valence-corrected chi connectivity index (χ2v) is 10.8. The van der Waals surface area contributed by atoms with Gasteiger partial charge in [0.05, 0.1) is 36.4 Å². The van der Waals surface area contributed by atoms with Crippen LogP contribution in [0.1, 0.15) is 45.9 Å². The molecule has 0 bridgehead atoms. The van der Waals surface area contributed by atoms with Gasteiger partial charge in [-0.2, -0.15) is 0 Å². The Labute approximate surface area is 209 Å². The number of benzene rings is 1. The van der Waals surface area contributed by atoms with Crippen molar-refractivity contribution in [1.29, 1.82) is 0 Å². The third-order valence-corrected chi connectivity index (χ3v) is 8.56. The molecule has 1 N–H and O–H groups in total. The van der Waals surface area contributed by atoms with Gasteiger partial charge >= 0.3 is 0 Å². The normalized spacial score (nSPS) is 18.5. The molecule has 3 aromatic rings. The number of quaternary nitrogens is 1. The Hall–Kier alpha value is -2.91. The zero-order valence-corrected chi connectivity index (χ0v) is 21.2. The van der Waals surface area contributed by atoms with Crippen molar-refractivity contribution >= 4 is 33.3 Å². The fraction of sp³-hybridized carbons (Fsp3) is 0.500. The lowest BCUT2D eigenvalue weighted by atomic mass is 10.1. The van der Waals surface area contributed by atoms with Crippen LogP contribution in [0.5, 0.6) is 11.5 Å². The van der Waals surface area contributed by atoms with Gasteiger partial charge in [0.25, 0.3) is 5.91 Å². The largest absolute Gasteiger partial charge is 0.454 e. The number of thiophene rings is 1. The number of nitrogens with zero attached hydrogens (tertiary/aromatic N) is 4. The van der Waals surface area contributed by atoms with Crippen LogP contribution in [0.3, 0.4) is 0 Å². The molecule has 1 amide bonds. The molecular weight excluding hydrogens is 462 g/mol. The van der Waals surface area contributed by atoms with E-state index in [1.807, 2.05) is 17.9 Å². The number of hydrogen-bond donors (Lipinski definition) is 1. The summed E-state index contributed by atoms with van der Waals surface area (Å²) in [6, 6.07) is 6.18. The molecule has 0 spiro atoms. The van der Waals surface area contributed by atoms with Gasteiger partial charge in [-0.1, -0.05) is 0 Å². The highest BCUT2D eigenvalue weighted by atomic mass is 32.1. The fourth-order valence-corrected chi connectivity index (χ4v) is 6.64. The molecule has 2 saturated heterocycles. The molecule has 184 valence electrons. The van der Waals surface area contributed by atoms with Crippen molar-refractivity contribution in [3.63, 3.8) is 0 Å². The first-order valence-electron chi connectivity index (χ1n) is 12.6. The summed E-state index contributed by atoms with van der Waals surface area (Å²) in [7, 11) is 0. The Morgan fingerprint density at radius 3 is 2.60 bits per heavy atom. The predicted octanol–water partition coefficient (Wildman–Crippen LogP) is 2.57. The Morgan fingerprint density at radius 1 is 1.03 bits per heavy atom. The van der Waals surface area contributed by atoms with Gasteiger partial charge in [-0.3, -0.25) is 4.79 Å². The number of carbonyl (C=O) groups is 1. The summed E-state index contributed by atoms with van der Waals surface area (Å²) >= 11 is 1.53. The van der Waals surface area contributed by atoms with Crippen molar-refractivity contribution in [2.45, 2.75) is 39.7 Å². The molecule has 0 aliphatic carbocycles. The summed E-state index contributed by atoms with van der Waals surface area (Å²) < 4.78 is 10.9. The highest BCUT2D eigenvalue weighted by Crippen LogP contribution is 2.37. The summed E-state index contributed by atoms with van der Waals surface area (Å²) in [4.78, 5) is 30.8. The van der Waals surface area contributed by atoms with Crippen LogP contribution in [0.4, 0.5) is 5.82 Å². The van der Waals surface area contributed by atoms with Crippen LogP contribution >= 0.6 is 11.3 Å². The average Bonchev–Trinajstić information content (AvgIpc) is 3.48. The lowest BCUT2D eigenvalue weighted by Crippen LogP contribution is -3.13. The second-order valence-electron chi connectivity index (χ2n) is 9.79. The molecule has 0 saturated carbocycles. The van der Waals surface area contributed by atoms with Gasteiger partial charge < -0.3 is 24.2 Å². The van der Waals surface area contributed by atoms with Crippen LogP contribution in [-0.2, 0) is 6.54 Å². The number of aryl methyl sites for hydroxylation is 2. The Morgan fingerprint density at radius 2 is 1.80 bits per heavy atom. The van der Waals surface area contributed by atoms with E-state index in [-0.39, 0.29) is 5.91 Å². The van der Waals surface area contributed by atoms with E-state index in [0.717, 1.165) is 89.6 Å². The Bertz CT molecular complexity index is 1260. The van der Waals surface area contributed by atoms with Crippen molar-refractivity contribution < 1.29 is 19.2 Å². The maximum atomic E-state index is 13.6. The molecule has 2 aromatic heterocycles. The van der Waals surface area contributed by atoms with E-state index >= 15 is 0 Å². The highest BCUT2D eigenvalue weighted by Gasteiger charge is 2.29. The number of anilines is 1. The minimum atomic E-state index is 0.134. The summed E-state index contributed by atoms with van der Waals surface area (Å²) in [5.41, 5.74) is 2.27. The Kier molecular flexibility index (Phi) is 5.98. The zero-order valence-electron chi connectivity index (χ0n) is 20.4. The summed E-state index contributed by atoms with van der Waals surface area (Å²) in [6.45, 7) is 10.7. The van der Waals surface area contributed by atoms with E-state index in [2.05, 4.69) is 24.0 Å². The van der Waals surface area contributed by atoms with E-state index in [0.29, 0.717) is 6.79 Å². The number of ether oxygens (including phenoxy) is 2. The van der Waals surface area contributed by atoms with Gasteiger partial charge in [-0.05, 0) is 56.9 Å². The molecule has 35 heavy (non-hydrogen) atoms. The maximum Gasteiger partial charge on any atom is 0.264 e. The summed E-state index contributed by atoms with van der Waals surface area (Å²) in [6.07, 6.45) is 3.66. The third kappa shape index (κ3) is 4.31. The minimum Gasteiger partial charge on any atom is -0.454 e. The molecule has 5 heterocycles. The maximum absolute atomic E-state index is 13.6. The van der Waals surface area contributed by atoms with Crippen LogP contribution in [0.25, 0.3) is 10.2 Å². The molecule has 0 atom stereocenters. The van der Waals surface area contributed by atoms with Gasteiger partial charge in [0.1, 0.15) is 23.0 Å². The number of amides is 1. The van der Waals surface area contributed by atoms with Gasteiger partial charge in [-0.25, -0.2) is 9.97 Å². The average molecular weight is 495 g/mol. The molecular formula is C26H32N5O3S+. The first-order chi connectivity index (χ1) is 17.1. The number of piperazine rings is 1. The van der Waals surface area contributed by atoms with E-state index in [4.69, 9.17) is 19.4 Å². The quantitative estimate of drug-likeness (QED) is 0.601. The monoisotopic (exact) mass is 494 g/mol. The predicted molar refractivity (Wildman–Crippen MR) is 136 cm³/mol. The van der Waals surface area contributed by atoms with Crippen molar-refractivity contribution in [3.05, 3.63) is 40.0 Å². The van der Waals surface area contributed by atoms with Gasteiger partial charge in [0, 0.05) is 18.7 Å². The summed E-state index contributed by atoms with van der Waals surface area (Å²) in [5, 5.41) is 1.07. The fourth-order valence-electron chi connectivity index (χ4n) is 5.45.